The molecule has 0 saturated heterocycles. The lowest BCUT2D eigenvalue weighted by Gasteiger charge is -2.10. The molecule has 1 aromatic heterocycles. The molecule has 0 fully saturated rings. The average Bonchev–Trinajstić information content (AvgIpc) is 2.70. The third-order valence-corrected chi connectivity index (χ3v) is 4.85. The molecule has 0 aliphatic rings. The van der Waals surface area contributed by atoms with E-state index in [4.69, 9.17) is 0 Å². The Labute approximate surface area is 166 Å². The van der Waals surface area contributed by atoms with Gasteiger partial charge in [-0.05, 0) is 48.4 Å². The first-order valence-electron chi connectivity index (χ1n) is 8.61. The minimum absolute atomic E-state index is 0.112. The van der Waals surface area contributed by atoms with Gasteiger partial charge in [0.05, 0.1) is 5.56 Å². The van der Waals surface area contributed by atoms with Crippen molar-refractivity contribution in [3.63, 3.8) is 0 Å². The molecule has 0 aliphatic carbocycles. The number of ether oxygens (including phenoxy) is 1. The summed E-state index contributed by atoms with van der Waals surface area (Å²) < 4.78 is 28.7. The number of benzene rings is 2. The van der Waals surface area contributed by atoms with E-state index in [-0.39, 0.29) is 11.7 Å². The Bertz CT molecular complexity index is 906. The summed E-state index contributed by atoms with van der Waals surface area (Å²) in [7, 11) is 0. The molecule has 1 amide bonds. The maximum Gasteiger partial charge on any atom is 0.387 e. The predicted octanol–water partition coefficient (Wildman–Crippen LogP) is 4.81. The zero-order chi connectivity index (χ0) is 19.8. The number of halogens is 2. The van der Waals surface area contributed by atoms with E-state index >= 15 is 0 Å². The highest BCUT2D eigenvalue weighted by Crippen LogP contribution is 2.28. The first-order valence-corrected chi connectivity index (χ1v) is 9.43. The molecule has 0 unspecified atom stereocenters. The third-order valence-electron chi connectivity index (χ3n) is 3.82. The van der Waals surface area contributed by atoms with E-state index < -0.39 is 6.61 Å². The van der Waals surface area contributed by atoms with E-state index in [1.54, 1.807) is 30.5 Å². The summed E-state index contributed by atoms with van der Waals surface area (Å²) in [6.07, 6.45) is 2.23. The first-order chi connectivity index (χ1) is 13.6. The molecule has 7 heteroatoms. The van der Waals surface area contributed by atoms with Gasteiger partial charge in [0.15, 0.2) is 0 Å². The Balaban J connectivity index is 1.56. The monoisotopic (exact) mass is 400 g/mol. The molecule has 2 aromatic carbocycles. The van der Waals surface area contributed by atoms with Gasteiger partial charge < -0.3 is 10.1 Å². The fraction of sp³-hybridized carbons (Fsp3) is 0.143. The van der Waals surface area contributed by atoms with Gasteiger partial charge in [0.2, 0.25) is 0 Å². The van der Waals surface area contributed by atoms with Crippen molar-refractivity contribution in [3.8, 4) is 5.75 Å². The number of carbonyl (C=O) groups excluding carboxylic acids is 1. The van der Waals surface area contributed by atoms with Crippen LogP contribution in [0.4, 0.5) is 8.78 Å². The number of hydrogen-bond donors (Lipinski definition) is 1. The quantitative estimate of drug-likeness (QED) is 0.590. The van der Waals surface area contributed by atoms with Crippen LogP contribution in [0.2, 0.25) is 0 Å². The Morgan fingerprint density at radius 1 is 1.04 bits per heavy atom. The highest BCUT2D eigenvalue weighted by molar-refractivity contribution is 7.99. The van der Waals surface area contributed by atoms with E-state index in [1.807, 2.05) is 30.3 Å². The number of pyridine rings is 1. The Hall–Kier alpha value is -2.93. The van der Waals surface area contributed by atoms with Crippen molar-refractivity contribution in [2.75, 3.05) is 6.54 Å². The van der Waals surface area contributed by atoms with E-state index in [1.165, 1.54) is 23.9 Å². The highest BCUT2D eigenvalue weighted by Gasteiger charge is 2.13. The van der Waals surface area contributed by atoms with E-state index in [0.717, 1.165) is 10.5 Å². The van der Waals surface area contributed by atoms with Crippen LogP contribution in [0.3, 0.4) is 0 Å². The number of nitrogens with one attached hydrogen (secondary N) is 1. The van der Waals surface area contributed by atoms with Gasteiger partial charge in [-0.25, -0.2) is 4.98 Å². The summed E-state index contributed by atoms with van der Waals surface area (Å²) in [5.41, 5.74) is 1.42. The van der Waals surface area contributed by atoms with Crippen molar-refractivity contribution in [2.45, 2.75) is 23.0 Å². The number of aromatic nitrogens is 1. The average molecular weight is 400 g/mol. The van der Waals surface area contributed by atoms with Crippen LogP contribution in [-0.4, -0.2) is 24.0 Å². The van der Waals surface area contributed by atoms with Gasteiger partial charge in [-0.15, -0.1) is 0 Å². The summed E-state index contributed by atoms with van der Waals surface area (Å²) in [6.45, 7) is -2.43. The number of hydrogen-bond acceptors (Lipinski definition) is 4. The van der Waals surface area contributed by atoms with Gasteiger partial charge in [0.1, 0.15) is 10.8 Å². The molecule has 28 heavy (non-hydrogen) atoms. The van der Waals surface area contributed by atoms with Gasteiger partial charge in [-0.2, -0.15) is 8.78 Å². The molecule has 4 nitrogen and oxygen atoms in total. The number of amides is 1. The molecule has 1 N–H and O–H groups in total. The van der Waals surface area contributed by atoms with Gasteiger partial charge in [-0.3, -0.25) is 4.79 Å². The van der Waals surface area contributed by atoms with Crippen LogP contribution < -0.4 is 10.1 Å². The van der Waals surface area contributed by atoms with E-state index in [0.29, 0.717) is 23.6 Å². The number of nitrogens with zero attached hydrogens (tertiary/aromatic N) is 1. The largest absolute Gasteiger partial charge is 0.435 e. The predicted molar refractivity (Wildman–Crippen MR) is 104 cm³/mol. The van der Waals surface area contributed by atoms with Crippen molar-refractivity contribution >= 4 is 17.7 Å². The lowest BCUT2D eigenvalue weighted by Crippen LogP contribution is -2.26. The SMILES string of the molecule is O=C(NCCc1ccc(OC(F)F)cc1)c1cccnc1Sc1ccccc1. The fourth-order valence-corrected chi connectivity index (χ4v) is 3.40. The smallest absolute Gasteiger partial charge is 0.387 e. The van der Waals surface area contributed by atoms with Crippen molar-refractivity contribution in [2.24, 2.45) is 0 Å². The summed E-state index contributed by atoms with van der Waals surface area (Å²) in [5.74, 6) is -0.0927. The second-order valence-electron chi connectivity index (χ2n) is 5.80. The topological polar surface area (TPSA) is 51.2 Å². The number of alkyl halides is 2. The van der Waals surface area contributed by atoms with Crippen LogP contribution in [0, 0.1) is 0 Å². The lowest BCUT2D eigenvalue weighted by molar-refractivity contribution is -0.0498. The second kappa shape index (κ2) is 9.85. The van der Waals surface area contributed by atoms with Gasteiger partial charge in [-0.1, -0.05) is 42.1 Å². The Morgan fingerprint density at radius 2 is 1.79 bits per heavy atom. The minimum atomic E-state index is -2.84. The maximum absolute atomic E-state index is 12.6. The normalized spacial score (nSPS) is 10.7. The summed E-state index contributed by atoms with van der Waals surface area (Å²) in [5, 5.41) is 3.52. The van der Waals surface area contributed by atoms with E-state index in [9.17, 15) is 13.6 Å². The minimum Gasteiger partial charge on any atom is -0.435 e. The first kappa shape index (κ1) is 19.8. The van der Waals surface area contributed by atoms with Gasteiger partial charge in [0, 0.05) is 17.6 Å². The fourth-order valence-electron chi connectivity index (χ4n) is 2.50. The zero-order valence-corrected chi connectivity index (χ0v) is 15.7. The molecule has 0 radical (unpaired) electrons. The summed E-state index contributed by atoms with van der Waals surface area (Å²) in [4.78, 5) is 17.9. The van der Waals surface area contributed by atoms with Crippen molar-refractivity contribution in [1.29, 1.82) is 0 Å². The molecule has 0 spiro atoms. The molecule has 0 aliphatic heterocycles. The highest BCUT2D eigenvalue weighted by atomic mass is 32.2. The van der Waals surface area contributed by atoms with Gasteiger partial charge >= 0.3 is 6.61 Å². The summed E-state index contributed by atoms with van der Waals surface area (Å²) in [6, 6.07) is 19.6. The molecule has 0 bridgehead atoms. The van der Waals surface area contributed by atoms with Gasteiger partial charge in [0.25, 0.3) is 5.91 Å². The lowest BCUT2D eigenvalue weighted by atomic mass is 10.1. The molecule has 3 aromatic rings. The molecular weight excluding hydrogens is 382 g/mol. The number of carbonyl (C=O) groups is 1. The Morgan fingerprint density at radius 3 is 2.50 bits per heavy atom. The van der Waals surface area contributed by atoms with Crippen LogP contribution >= 0.6 is 11.8 Å². The standard InChI is InChI=1S/C21H18F2N2O2S/c22-21(23)27-16-10-8-15(9-11-16)12-14-24-19(26)18-7-4-13-25-20(18)28-17-5-2-1-3-6-17/h1-11,13,21H,12,14H2,(H,24,26). The van der Waals surface area contributed by atoms with Crippen molar-refractivity contribution in [1.82, 2.24) is 10.3 Å². The molecule has 1 heterocycles. The Kier molecular flexibility index (Phi) is 6.97. The second-order valence-corrected chi connectivity index (χ2v) is 6.86. The molecule has 0 atom stereocenters. The zero-order valence-electron chi connectivity index (χ0n) is 14.8. The molecule has 3 rings (SSSR count). The number of rotatable bonds is 8. The van der Waals surface area contributed by atoms with Crippen LogP contribution in [0.1, 0.15) is 15.9 Å². The maximum atomic E-state index is 12.6. The molecule has 0 saturated carbocycles. The van der Waals surface area contributed by atoms with Crippen molar-refractivity contribution < 1.29 is 18.3 Å². The van der Waals surface area contributed by atoms with Crippen LogP contribution in [0.5, 0.6) is 5.75 Å². The van der Waals surface area contributed by atoms with Crippen molar-refractivity contribution in [3.05, 3.63) is 84.1 Å². The van der Waals surface area contributed by atoms with Crippen LogP contribution in [0.25, 0.3) is 0 Å². The van der Waals surface area contributed by atoms with E-state index in [2.05, 4.69) is 15.0 Å². The van der Waals surface area contributed by atoms with Crippen LogP contribution in [0.15, 0.2) is 82.8 Å². The molecular formula is C21H18F2N2O2S. The van der Waals surface area contributed by atoms with Crippen LogP contribution in [-0.2, 0) is 6.42 Å². The molecule has 144 valence electrons. The third kappa shape index (κ3) is 5.79. The summed E-state index contributed by atoms with van der Waals surface area (Å²) >= 11 is 1.43.